The monoisotopic (exact) mass is 389 g/mol. The molecule has 0 atom stereocenters. The summed E-state index contributed by atoms with van der Waals surface area (Å²) in [7, 11) is 0. The van der Waals surface area contributed by atoms with Crippen LogP contribution < -0.4 is 0 Å². The predicted octanol–water partition coefficient (Wildman–Crippen LogP) is 4.39. The smallest absolute Gasteiger partial charge is 0.293 e. The zero-order valence-electron chi connectivity index (χ0n) is 11.9. The highest BCUT2D eigenvalue weighted by Gasteiger charge is 2.34. The maximum absolute atomic E-state index is 12.4. The Hall–Kier alpha value is -2.05. The van der Waals surface area contributed by atoms with Gasteiger partial charge in [-0.25, -0.2) is 0 Å². The third kappa shape index (κ3) is 3.65. The third-order valence-corrected chi connectivity index (χ3v) is 4.73. The molecule has 2 amide bonds. The molecule has 0 bridgehead atoms. The number of halogens is 1. The van der Waals surface area contributed by atoms with Crippen molar-refractivity contribution < 1.29 is 14.7 Å². The molecule has 3 rings (SSSR count). The molecular formula is C17H12BrNO3S. The van der Waals surface area contributed by atoms with Crippen LogP contribution in [-0.4, -0.2) is 21.2 Å². The summed E-state index contributed by atoms with van der Waals surface area (Å²) in [6.45, 7) is 0.245. The molecule has 1 N–H and O–H groups in total. The molecule has 6 heteroatoms. The van der Waals surface area contributed by atoms with E-state index in [1.165, 1.54) is 4.90 Å². The van der Waals surface area contributed by atoms with Crippen LogP contribution in [0.4, 0.5) is 4.79 Å². The van der Waals surface area contributed by atoms with Crippen molar-refractivity contribution in [2.24, 2.45) is 0 Å². The minimum atomic E-state index is -0.314. The summed E-state index contributed by atoms with van der Waals surface area (Å²) in [5.74, 6) is -0.195. The summed E-state index contributed by atoms with van der Waals surface area (Å²) in [5.41, 5.74) is 1.56. The molecule has 1 saturated heterocycles. The Kier molecular flexibility index (Phi) is 4.54. The summed E-state index contributed by atoms with van der Waals surface area (Å²) in [5, 5.41) is 9.18. The first kappa shape index (κ1) is 15.8. The molecule has 0 spiro atoms. The van der Waals surface area contributed by atoms with E-state index >= 15 is 0 Å². The molecular weight excluding hydrogens is 378 g/mol. The van der Waals surface area contributed by atoms with Gasteiger partial charge in [-0.05, 0) is 53.2 Å². The second kappa shape index (κ2) is 6.60. The van der Waals surface area contributed by atoms with E-state index in [1.54, 1.807) is 30.3 Å². The molecule has 0 unspecified atom stereocenters. The molecule has 116 valence electrons. The normalized spacial score (nSPS) is 16.4. The van der Waals surface area contributed by atoms with Crippen molar-refractivity contribution in [1.29, 1.82) is 0 Å². The molecule has 4 nitrogen and oxygen atoms in total. The largest absolute Gasteiger partial charge is 0.508 e. The summed E-state index contributed by atoms with van der Waals surface area (Å²) in [4.78, 5) is 26.1. The third-order valence-electron chi connectivity index (χ3n) is 3.30. The average molecular weight is 390 g/mol. The van der Waals surface area contributed by atoms with E-state index in [0.29, 0.717) is 10.5 Å². The van der Waals surface area contributed by atoms with Crippen molar-refractivity contribution in [3.63, 3.8) is 0 Å². The van der Waals surface area contributed by atoms with Gasteiger partial charge in [-0.1, -0.05) is 40.2 Å². The quantitative estimate of drug-likeness (QED) is 0.790. The van der Waals surface area contributed by atoms with E-state index in [-0.39, 0.29) is 23.4 Å². The summed E-state index contributed by atoms with van der Waals surface area (Å²) in [6, 6.07) is 14.0. The van der Waals surface area contributed by atoms with Gasteiger partial charge in [0.25, 0.3) is 11.1 Å². The minimum absolute atomic E-state index is 0.118. The Balaban J connectivity index is 1.81. The van der Waals surface area contributed by atoms with Crippen LogP contribution in [0.25, 0.3) is 6.08 Å². The maximum atomic E-state index is 12.4. The maximum Gasteiger partial charge on any atom is 0.293 e. The van der Waals surface area contributed by atoms with Crippen LogP contribution in [0.3, 0.4) is 0 Å². The number of imide groups is 1. The summed E-state index contributed by atoms with van der Waals surface area (Å²) in [6.07, 6.45) is 1.62. The first-order valence-electron chi connectivity index (χ1n) is 6.82. The van der Waals surface area contributed by atoms with Crippen LogP contribution in [0, 0.1) is 0 Å². The Labute approximate surface area is 145 Å². The average Bonchev–Trinajstić information content (AvgIpc) is 2.77. The van der Waals surface area contributed by atoms with E-state index in [0.717, 1.165) is 21.8 Å². The minimum Gasteiger partial charge on any atom is -0.508 e. The predicted molar refractivity (Wildman–Crippen MR) is 93.8 cm³/mol. The molecule has 1 heterocycles. The number of thioether (sulfide) groups is 1. The Morgan fingerprint density at radius 1 is 1.13 bits per heavy atom. The number of carbonyl (C=O) groups is 2. The number of carbonyl (C=O) groups excluding carboxylic acids is 2. The van der Waals surface area contributed by atoms with Gasteiger partial charge >= 0.3 is 0 Å². The van der Waals surface area contributed by atoms with Crippen LogP contribution in [0.1, 0.15) is 11.1 Å². The lowest BCUT2D eigenvalue weighted by Gasteiger charge is -2.12. The molecule has 0 radical (unpaired) electrons. The number of amides is 2. The van der Waals surface area contributed by atoms with Gasteiger partial charge in [0.15, 0.2) is 0 Å². The van der Waals surface area contributed by atoms with Crippen molar-refractivity contribution >= 4 is 44.9 Å². The summed E-state index contributed by atoms with van der Waals surface area (Å²) >= 11 is 4.27. The number of nitrogens with zero attached hydrogens (tertiary/aromatic N) is 1. The highest BCUT2D eigenvalue weighted by atomic mass is 79.9. The van der Waals surface area contributed by atoms with Crippen molar-refractivity contribution in [2.75, 3.05) is 0 Å². The number of phenolic OH excluding ortho intramolecular Hbond substituents is 1. The van der Waals surface area contributed by atoms with Gasteiger partial charge in [0.05, 0.1) is 11.4 Å². The Morgan fingerprint density at radius 2 is 1.87 bits per heavy atom. The second-order valence-electron chi connectivity index (χ2n) is 4.99. The fourth-order valence-electron chi connectivity index (χ4n) is 2.17. The van der Waals surface area contributed by atoms with E-state index < -0.39 is 0 Å². The highest BCUT2D eigenvalue weighted by Crippen LogP contribution is 2.33. The zero-order chi connectivity index (χ0) is 16.4. The van der Waals surface area contributed by atoms with E-state index in [1.807, 2.05) is 24.3 Å². The number of phenols is 1. The molecule has 1 aliphatic heterocycles. The van der Waals surface area contributed by atoms with E-state index in [4.69, 9.17) is 0 Å². The molecule has 0 aromatic heterocycles. The van der Waals surface area contributed by atoms with Gasteiger partial charge in [0.2, 0.25) is 0 Å². The fraction of sp³-hybridized carbons (Fsp3) is 0.0588. The van der Waals surface area contributed by atoms with Gasteiger partial charge in [-0.2, -0.15) is 0 Å². The van der Waals surface area contributed by atoms with Crippen LogP contribution in [-0.2, 0) is 11.3 Å². The lowest BCUT2D eigenvalue weighted by molar-refractivity contribution is -0.123. The highest BCUT2D eigenvalue weighted by molar-refractivity contribution is 9.10. The van der Waals surface area contributed by atoms with Crippen LogP contribution in [0.5, 0.6) is 5.75 Å². The Bertz CT molecular complexity index is 802. The topological polar surface area (TPSA) is 57.6 Å². The van der Waals surface area contributed by atoms with Gasteiger partial charge in [0, 0.05) is 4.47 Å². The lowest BCUT2D eigenvalue weighted by atomic mass is 10.2. The van der Waals surface area contributed by atoms with Crippen molar-refractivity contribution in [2.45, 2.75) is 6.54 Å². The number of hydrogen-bond acceptors (Lipinski definition) is 4. The number of aromatic hydroxyl groups is 1. The lowest BCUT2D eigenvalue weighted by Crippen LogP contribution is -2.27. The van der Waals surface area contributed by atoms with Crippen LogP contribution >= 0.6 is 27.7 Å². The first-order chi connectivity index (χ1) is 11.0. The van der Waals surface area contributed by atoms with E-state index in [2.05, 4.69) is 15.9 Å². The van der Waals surface area contributed by atoms with Crippen molar-refractivity contribution in [3.8, 4) is 5.75 Å². The number of hydrogen-bond donors (Lipinski definition) is 1. The Morgan fingerprint density at radius 3 is 2.57 bits per heavy atom. The number of rotatable bonds is 3. The standard InChI is InChI=1S/C17H12BrNO3S/c18-13-6-4-11(5-7-13)10-19-16(21)15(23-17(19)22)9-12-2-1-3-14(20)8-12/h1-9,20H,10H2. The van der Waals surface area contributed by atoms with E-state index in [9.17, 15) is 14.7 Å². The van der Waals surface area contributed by atoms with Gasteiger partial charge in [-0.15, -0.1) is 0 Å². The SMILES string of the molecule is O=C1SC(=Cc2cccc(O)c2)C(=O)N1Cc1ccc(Br)cc1. The first-order valence-corrected chi connectivity index (χ1v) is 8.43. The van der Waals surface area contributed by atoms with Gasteiger partial charge in [-0.3, -0.25) is 14.5 Å². The van der Waals surface area contributed by atoms with Crippen LogP contribution in [0.2, 0.25) is 0 Å². The van der Waals surface area contributed by atoms with Crippen molar-refractivity contribution in [1.82, 2.24) is 4.90 Å². The molecule has 2 aromatic carbocycles. The van der Waals surface area contributed by atoms with Crippen molar-refractivity contribution in [3.05, 3.63) is 69.0 Å². The van der Waals surface area contributed by atoms with Gasteiger partial charge in [0.1, 0.15) is 5.75 Å². The molecule has 0 saturated carbocycles. The second-order valence-corrected chi connectivity index (χ2v) is 6.90. The zero-order valence-corrected chi connectivity index (χ0v) is 14.3. The molecule has 1 aliphatic rings. The van der Waals surface area contributed by atoms with Gasteiger partial charge < -0.3 is 5.11 Å². The molecule has 2 aromatic rings. The molecule has 0 aliphatic carbocycles. The van der Waals surface area contributed by atoms with Crippen LogP contribution in [0.15, 0.2) is 57.9 Å². The fourth-order valence-corrected chi connectivity index (χ4v) is 3.28. The number of benzene rings is 2. The summed E-state index contributed by atoms with van der Waals surface area (Å²) < 4.78 is 0.944. The molecule has 1 fully saturated rings. The molecule has 23 heavy (non-hydrogen) atoms.